The van der Waals surface area contributed by atoms with Crippen LogP contribution in [-0.4, -0.2) is 24.6 Å². The van der Waals surface area contributed by atoms with Crippen molar-refractivity contribution in [2.45, 2.75) is 22.8 Å². The predicted octanol–water partition coefficient (Wildman–Crippen LogP) is 6.12. The van der Waals surface area contributed by atoms with E-state index in [9.17, 15) is 9.59 Å². The number of rotatable bonds is 5. The van der Waals surface area contributed by atoms with Crippen molar-refractivity contribution in [1.29, 1.82) is 0 Å². The zero-order valence-electron chi connectivity index (χ0n) is 24.3. The summed E-state index contributed by atoms with van der Waals surface area (Å²) >= 11 is 3.05. The first-order chi connectivity index (χ1) is 21.4. The number of nitrogens with zero attached hydrogens (tertiary/aromatic N) is 3. The largest absolute Gasteiger partial charge is 0.497 e. The number of methoxy groups -OCH3 is 1. The molecule has 7 nitrogen and oxygen atoms in total. The molecule has 44 heavy (non-hydrogen) atoms. The van der Waals surface area contributed by atoms with E-state index in [-0.39, 0.29) is 11.5 Å². The molecule has 0 unspecified atom stereocenters. The van der Waals surface area contributed by atoms with E-state index in [4.69, 9.17) is 9.73 Å². The van der Waals surface area contributed by atoms with Gasteiger partial charge in [-0.1, -0.05) is 71.6 Å². The van der Waals surface area contributed by atoms with Crippen LogP contribution in [0.5, 0.6) is 5.75 Å². The molecule has 2 aliphatic rings. The zero-order chi connectivity index (χ0) is 30.4. The normalized spacial score (nSPS) is 15.7. The number of fused-ring (bicyclic) bond motifs is 3. The molecule has 218 valence electrons. The molecular formula is C35H28N4O3S2. The molecule has 7 rings (SSSR count). The quantitative estimate of drug-likeness (QED) is 0.258. The van der Waals surface area contributed by atoms with Gasteiger partial charge in [0.15, 0.2) is 4.80 Å². The molecule has 0 radical (unpaired) electrons. The Hall–Kier alpha value is -4.86. The van der Waals surface area contributed by atoms with Crippen molar-refractivity contribution in [2.75, 3.05) is 24.4 Å². The Bertz CT molecular complexity index is 2150. The van der Waals surface area contributed by atoms with Crippen molar-refractivity contribution in [3.05, 3.63) is 139 Å². The van der Waals surface area contributed by atoms with E-state index in [1.165, 1.54) is 21.9 Å². The summed E-state index contributed by atoms with van der Waals surface area (Å²) in [6.07, 6.45) is 1.91. The topological polar surface area (TPSA) is 75.9 Å². The monoisotopic (exact) mass is 616 g/mol. The maximum atomic E-state index is 14.2. The minimum atomic E-state index is -0.684. The first-order valence-corrected chi connectivity index (χ1v) is 15.7. The number of ether oxygens (including phenoxy) is 1. The zero-order valence-corrected chi connectivity index (χ0v) is 25.9. The molecule has 1 aromatic heterocycles. The second-order valence-corrected chi connectivity index (χ2v) is 12.6. The molecular weight excluding hydrogens is 589 g/mol. The van der Waals surface area contributed by atoms with Gasteiger partial charge in [0.2, 0.25) is 0 Å². The first kappa shape index (κ1) is 27.9. The van der Waals surface area contributed by atoms with Crippen LogP contribution >= 0.6 is 23.1 Å². The Kier molecular flexibility index (Phi) is 7.20. The fourth-order valence-electron chi connectivity index (χ4n) is 5.66. The molecule has 4 aromatic carbocycles. The molecule has 3 heterocycles. The van der Waals surface area contributed by atoms with Crippen molar-refractivity contribution < 1.29 is 9.53 Å². The Morgan fingerprint density at radius 2 is 1.70 bits per heavy atom. The Morgan fingerprint density at radius 1 is 0.932 bits per heavy atom. The molecule has 0 spiro atoms. The lowest BCUT2D eigenvalue weighted by molar-refractivity contribution is -0.113. The van der Waals surface area contributed by atoms with Gasteiger partial charge in [0, 0.05) is 22.5 Å². The molecule has 1 atom stereocenters. The van der Waals surface area contributed by atoms with Gasteiger partial charge < -0.3 is 15.0 Å². The molecule has 0 saturated heterocycles. The highest BCUT2D eigenvalue weighted by molar-refractivity contribution is 7.99. The van der Waals surface area contributed by atoms with Crippen LogP contribution in [0.2, 0.25) is 0 Å². The maximum absolute atomic E-state index is 14.2. The van der Waals surface area contributed by atoms with Gasteiger partial charge in [-0.2, -0.15) is 0 Å². The molecule has 1 amide bonds. The minimum absolute atomic E-state index is 0.202. The van der Waals surface area contributed by atoms with E-state index in [0.29, 0.717) is 32.0 Å². The number of aromatic nitrogens is 1. The van der Waals surface area contributed by atoms with Crippen LogP contribution in [0.4, 0.5) is 17.1 Å². The number of nitrogens with one attached hydrogen (secondary N) is 1. The molecule has 5 aromatic rings. The second-order valence-electron chi connectivity index (χ2n) is 10.5. The van der Waals surface area contributed by atoms with Crippen molar-refractivity contribution in [2.24, 2.45) is 4.99 Å². The van der Waals surface area contributed by atoms with Gasteiger partial charge in [-0.05, 0) is 72.7 Å². The molecule has 1 N–H and O–H groups in total. The molecule has 9 heteroatoms. The van der Waals surface area contributed by atoms with Crippen LogP contribution in [0.25, 0.3) is 6.08 Å². The number of hydrogen-bond donors (Lipinski definition) is 1. The number of anilines is 3. The van der Waals surface area contributed by atoms with Crippen LogP contribution in [-0.2, 0) is 4.79 Å². The standard InChI is InChI=1S/C35H28N4O3S2/c1-21-31(33(40)37-24-11-5-4-6-12-24)32(23-10-9-13-25(20-23)42-3)39-34(41)30(44-35(39)36-21)19-22-16-17-27-29(18-22)43-28-15-8-7-14-26(28)38(27)2/h4-20,32H,1-3H3,(H,37,40)/b30-19+/t32-/m0/s1. The van der Waals surface area contributed by atoms with E-state index in [2.05, 4.69) is 41.5 Å². The van der Waals surface area contributed by atoms with Gasteiger partial charge in [0.25, 0.3) is 11.5 Å². The summed E-state index contributed by atoms with van der Waals surface area (Å²) in [5, 5.41) is 2.99. The molecule has 0 saturated carbocycles. The van der Waals surface area contributed by atoms with Gasteiger partial charge in [-0.25, -0.2) is 4.99 Å². The highest BCUT2D eigenvalue weighted by Gasteiger charge is 2.33. The van der Waals surface area contributed by atoms with Gasteiger partial charge in [-0.3, -0.25) is 14.2 Å². The third-order valence-electron chi connectivity index (χ3n) is 7.80. The summed E-state index contributed by atoms with van der Waals surface area (Å²) in [7, 11) is 3.67. The number of para-hydroxylation sites is 2. The Morgan fingerprint density at radius 3 is 2.52 bits per heavy atom. The van der Waals surface area contributed by atoms with Crippen molar-refractivity contribution in [3.63, 3.8) is 0 Å². The number of thiazole rings is 1. The van der Waals surface area contributed by atoms with E-state index in [1.54, 1.807) is 23.4 Å². The minimum Gasteiger partial charge on any atom is -0.497 e. The van der Waals surface area contributed by atoms with E-state index in [0.717, 1.165) is 21.7 Å². The van der Waals surface area contributed by atoms with Crippen LogP contribution in [0, 0.1) is 0 Å². The number of allylic oxidation sites excluding steroid dienone is 1. The summed E-state index contributed by atoms with van der Waals surface area (Å²) in [5.41, 5.74) is 5.41. The summed E-state index contributed by atoms with van der Waals surface area (Å²) in [6.45, 7) is 1.82. The van der Waals surface area contributed by atoms with Crippen LogP contribution < -0.4 is 29.8 Å². The fraction of sp³-hybridized carbons (Fsp3) is 0.114. The van der Waals surface area contributed by atoms with Crippen molar-refractivity contribution >= 4 is 52.1 Å². The van der Waals surface area contributed by atoms with Gasteiger partial charge in [0.1, 0.15) is 5.75 Å². The first-order valence-electron chi connectivity index (χ1n) is 14.1. The number of carbonyl (C=O) groups is 1. The molecule has 0 bridgehead atoms. The average molecular weight is 617 g/mol. The third-order valence-corrected chi connectivity index (χ3v) is 9.89. The SMILES string of the molecule is COc1cccc([C@H]2C(C(=O)Nc3ccccc3)=C(C)N=c3s/c(=C/c4ccc5c(c4)Sc4ccccc4N5C)c(=O)n32)c1. The van der Waals surface area contributed by atoms with Gasteiger partial charge >= 0.3 is 0 Å². The average Bonchev–Trinajstić information content (AvgIpc) is 3.34. The van der Waals surface area contributed by atoms with E-state index < -0.39 is 6.04 Å². The molecule has 0 aliphatic carbocycles. The summed E-state index contributed by atoms with van der Waals surface area (Å²) in [5.74, 6) is 0.330. The number of benzene rings is 4. The highest BCUT2D eigenvalue weighted by atomic mass is 32.2. The third kappa shape index (κ3) is 4.94. The van der Waals surface area contributed by atoms with Crippen LogP contribution in [0.15, 0.2) is 128 Å². The number of amides is 1. The molecule has 0 fully saturated rings. The molecule has 2 aliphatic heterocycles. The Labute approximate surface area is 262 Å². The van der Waals surface area contributed by atoms with Gasteiger partial charge in [-0.15, -0.1) is 0 Å². The fourth-order valence-corrected chi connectivity index (χ4v) is 7.90. The van der Waals surface area contributed by atoms with E-state index in [1.807, 2.05) is 85.8 Å². The predicted molar refractivity (Wildman–Crippen MR) is 177 cm³/mol. The second kappa shape index (κ2) is 11.3. The summed E-state index contributed by atoms with van der Waals surface area (Å²) in [6, 6.07) is 30.7. The highest BCUT2D eigenvalue weighted by Crippen LogP contribution is 2.47. The van der Waals surface area contributed by atoms with Crippen molar-refractivity contribution in [3.8, 4) is 5.75 Å². The summed E-state index contributed by atoms with van der Waals surface area (Å²) in [4.78, 5) is 37.8. The van der Waals surface area contributed by atoms with Gasteiger partial charge in [0.05, 0.1) is 40.3 Å². The smallest absolute Gasteiger partial charge is 0.271 e. The van der Waals surface area contributed by atoms with Crippen molar-refractivity contribution in [1.82, 2.24) is 4.57 Å². The van der Waals surface area contributed by atoms with E-state index >= 15 is 0 Å². The maximum Gasteiger partial charge on any atom is 0.271 e. The lowest BCUT2D eigenvalue weighted by atomic mass is 9.95. The number of carbonyl (C=O) groups excluding carboxylic acids is 1. The lowest BCUT2D eigenvalue weighted by Gasteiger charge is -2.29. The lowest BCUT2D eigenvalue weighted by Crippen LogP contribution is -2.40. The number of hydrogen-bond acceptors (Lipinski definition) is 7. The van der Waals surface area contributed by atoms with Crippen LogP contribution in [0.3, 0.4) is 0 Å². The van der Waals surface area contributed by atoms with Crippen LogP contribution in [0.1, 0.15) is 24.1 Å². The summed E-state index contributed by atoms with van der Waals surface area (Å²) < 4.78 is 7.68. The Balaban J connectivity index is 1.33.